The summed E-state index contributed by atoms with van der Waals surface area (Å²) in [5, 5.41) is 13.6. The summed E-state index contributed by atoms with van der Waals surface area (Å²) >= 11 is 1.18. The second kappa shape index (κ2) is 7.50. The summed E-state index contributed by atoms with van der Waals surface area (Å²) in [6, 6.07) is 4.62. The molecular weight excluding hydrogens is 371 g/mol. The molecule has 2 N–H and O–H groups in total. The van der Waals surface area contributed by atoms with Crippen LogP contribution < -0.4 is 10.1 Å². The van der Waals surface area contributed by atoms with Gasteiger partial charge in [-0.05, 0) is 12.1 Å². The van der Waals surface area contributed by atoms with Gasteiger partial charge >= 0.3 is 12.2 Å². The maximum absolute atomic E-state index is 13.0. The van der Waals surface area contributed by atoms with Gasteiger partial charge in [0.25, 0.3) is 0 Å². The second-order valence-corrected chi connectivity index (χ2v) is 6.56. The number of aromatic nitrogens is 1. The maximum atomic E-state index is 13.0. The minimum atomic E-state index is -4.50. The molecule has 1 aromatic carbocycles. The van der Waals surface area contributed by atoms with Crippen LogP contribution in [0, 0.1) is 0 Å². The molecule has 10 heteroatoms. The number of rotatable bonds is 4. The van der Waals surface area contributed by atoms with Gasteiger partial charge in [-0.1, -0.05) is 12.1 Å². The molecule has 2 heterocycles. The number of aliphatic hydroxyl groups is 1. The van der Waals surface area contributed by atoms with Crippen molar-refractivity contribution in [3.63, 3.8) is 0 Å². The zero-order valence-corrected chi connectivity index (χ0v) is 14.3. The van der Waals surface area contributed by atoms with Gasteiger partial charge in [0, 0.05) is 18.3 Å². The van der Waals surface area contributed by atoms with E-state index in [2.05, 4.69) is 10.3 Å². The fourth-order valence-electron chi connectivity index (χ4n) is 2.60. The van der Waals surface area contributed by atoms with E-state index in [1.165, 1.54) is 34.4 Å². The third-order valence-corrected chi connectivity index (χ3v) is 4.65. The summed E-state index contributed by atoms with van der Waals surface area (Å²) in [6.07, 6.45) is -4.59. The Morgan fingerprint density at radius 3 is 2.88 bits per heavy atom. The Hall–Kier alpha value is -2.33. The van der Waals surface area contributed by atoms with Crippen molar-refractivity contribution in [1.29, 1.82) is 0 Å². The largest absolute Gasteiger partial charge is 0.488 e. The third kappa shape index (κ3) is 4.25. The monoisotopic (exact) mass is 387 g/mol. The maximum Gasteiger partial charge on any atom is 0.419 e. The van der Waals surface area contributed by atoms with E-state index in [1.54, 1.807) is 5.38 Å². The fraction of sp³-hybridized carbons (Fsp3) is 0.375. The van der Waals surface area contributed by atoms with Gasteiger partial charge in [0.2, 0.25) is 0 Å². The van der Waals surface area contributed by atoms with Crippen LogP contribution >= 0.6 is 11.3 Å². The van der Waals surface area contributed by atoms with Gasteiger partial charge in [0.1, 0.15) is 11.9 Å². The van der Waals surface area contributed by atoms with Crippen molar-refractivity contribution in [2.24, 2.45) is 0 Å². The van der Waals surface area contributed by atoms with Gasteiger partial charge in [0.05, 0.1) is 24.4 Å². The van der Waals surface area contributed by atoms with Gasteiger partial charge in [0.15, 0.2) is 5.13 Å². The average molecular weight is 387 g/mol. The molecule has 0 saturated carbocycles. The van der Waals surface area contributed by atoms with E-state index in [1.807, 2.05) is 0 Å². The predicted octanol–water partition coefficient (Wildman–Crippen LogP) is 3.34. The number of benzene rings is 1. The van der Waals surface area contributed by atoms with Gasteiger partial charge in [-0.25, -0.2) is 9.78 Å². The minimum absolute atomic E-state index is 0.177. The Morgan fingerprint density at radius 1 is 1.42 bits per heavy atom. The topological polar surface area (TPSA) is 74.7 Å². The minimum Gasteiger partial charge on any atom is -0.488 e. The van der Waals surface area contributed by atoms with Crippen molar-refractivity contribution in [2.45, 2.75) is 25.3 Å². The number of nitrogens with one attached hydrogen (secondary N) is 1. The molecule has 2 amide bonds. The first kappa shape index (κ1) is 18.5. The Balaban J connectivity index is 1.60. The number of halogens is 3. The summed E-state index contributed by atoms with van der Waals surface area (Å²) in [5.74, 6) is -0.236. The lowest BCUT2D eigenvalue weighted by Crippen LogP contribution is -2.34. The van der Waals surface area contributed by atoms with E-state index < -0.39 is 23.9 Å². The molecule has 3 rings (SSSR count). The summed E-state index contributed by atoms with van der Waals surface area (Å²) < 4.78 is 44.6. The first-order valence-corrected chi connectivity index (χ1v) is 8.69. The number of anilines is 1. The molecule has 1 saturated heterocycles. The SMILES string of the molecule is O=C(Nc1nc(CO)cs1)N1CC[C@H](Oc2ccccc2C(F)(F)F)C1. The number of urea groups is 1. The van der Waals surface area contributed by atoms with Crippen LogP contribution in [-0.4, -0.2) is 40.2 Å². The molecule has 0 aliphatic carbocycles. The van der Waals surface area contributed by atoms with E-state index in [4.69, 9.17) is 9.84 Å². The van der Waals surface area contributed by atoms with Crippen molar-refractivity contribution in [3.05, 3.63) is 40.9 Å². The van der Waals surface area contributed by atoms with Gasteiger partial charge in [-0.2, -0.15) is 13.2 Å². The fourth-order valence-corrected chi connectivity index (χ4v) is 3.29. The van der Waals surface area contributed by atoms with E-state index in [-0.39, 0.29) is 18.9 Å². The molecule has 1 aromatic heterocycles. The Morgan fingerprint density at radius 2 is 2.19 bits per heavy atom. The average Bonchev–Trinajstić information content (AvgIpc) is 3.23. The van der Waals surface area contributed by atoms with E-state index >= 15 is 0 Å². The quantitative estimate of drug-likeness (QED) is 0.844. The van der Waals surface area contributed by atoms with Crippen LogP contribution in [0.15, 0.2) is 29.6 Å². The highest BCUT2D eigenvalue weighted by molar-refractivity contribution is 7.13. The Labute approximate surface area is 151 Å². The normalized spacial score (nSPS) is 17.4. The third-order valence-electron chi connectivity index (χ3n) is 3.85. The van der Waals surface area contributed by atoms with Gasteiger partial charge in [-0.15, -0.1) is 11.3 Å². The van der Waals surface area contributed by atoms with E-state index in [9.17, 15) is 18.0 Å². The number of carbonyl (C=O) groups is 1. The summed E-state index contributed by atoms with van der Waals surface area (Å²) in [6.45, 7) is 0.323. The number of para-hydroxylation sites is 1. The molecular formula is C16H16F3N3O3S. The first-order chi connectivity index (χ1) is 12.4. The van der Waals surface area contributed by atoms with Crippen molar-refractivity contribution >= 4 is 22.5 Å². The molecule has 0 spiro atoms. The number of aliphatic hydroxyl groups excluding tert-OH is 1. The number of carbonyl (C=O) groups excluding carboxylic acids is 1. The number of hydrogen-bond donors (Lipinski definition) is 2. The van der Waals surface area contributed by atoms with E-state index in [0.29, 0.717) is 23.8 Å². The van der Waals surface area contributed by atoms with Crippen LogP contribution in [0.1, 0.15) is 17.7 Å². The molecule has 0 radical (unpaired) electrons. The molecule has 0 bridgehead atoms. The highest BCUT2D eigenvalue weighted by Crippen LogP contribution is 2.36. The number of amides is 2. The number of thiazole rings is 1. The molecule has 0 unspecified atom stereocenters. The smallest absolute Gasteiger partial charge is 0.419 e. The summed E-state index contributed by atoms with van der Waals surface area (Å²) in [4.78, 5) is 17.7. The molecule has 1 atom stereocenters. The van der Waals surface area contributed by atoms with Crippen molar-refractivity contribution < 1.29 is 27.8 Å². The number of hydrogen-bond acceptors (Lipinski definition) is 5. The molecule has 6 nitrogen and oxygen atoms in total. The molecule has 140 valence electrons. The van der Waals surface area contributed by atoms with Crippen molar-refractivity contribution in [1.82, 2.24) is 9.88 Å². The number of likely N-dealkylation sites (tertiary alicyclic amines) is 1. The van der Waals surface area contributed by atoms with E-state index in [0.717, 1.165) is 6.07 Å². The molecule has 1 aliphatic heterocycles. The van der Waals surface area contributed by atoms with Gasteiger partial charge in [-0.3, -0.25) is 5.32 Å². The molecule has 1 fully saturated rings. The van der Waals surface area contributed by atoms with Crippen molar-refractivity contribution in [3.8, 4) is 5.75 Å². The van der Waals surface area contributed by atoms with Crippen LogP contribution in [0.3, 0.4) is 0 Å². The van der Waals surface area contributed by atoms with Crippen LogP contribution in [0.2, 0.25) is 0 Å². The zero-order chi connectivity index (χ0) is 18.7. The van der Waals surface area contributed by atoms with Crippen LogP contribution in [0.25, 0.3) is 0 Å². The lowest BCUT2D eigenvalue weighted by Gasteiger charge is -2.19. The molecule has 1 aliphatic rings. The Kier molecular flexibility index (Phi) is 5.33. The first-order valence-electron chi connectivity index (χ1n) is 7.81. The standard InChI is InChI=1S/C16H16F3N3O3S/c17-16(18,19)12-3-1-2-4-13(12)25-11-5-6-22(7-11)15(24)21-14-20-10(8-23)9-26-14/h1-4,9,11,23H,5-8H2,(H,20,21,24)/t11-/m0/s1. The summed E-state index contributed by atoms with van der Waals surface area (Å²) in [5.41, 5.74) is -0.376. The summed E-state index contributed by atoms with van der Waals surface area (Å²) in [7, 11) is 0. The highest BCUT2D eigenvalue weighted by atomic mass is 32.1. The number of nitrogens with zero attached hydrogens (tertiary/aromatic N) is 2. The zero-order valence-electron chi connectivity index (χ0n) is 13.5. The van der Waals surface area contributed by atoms with Gasteiger partial charge < -0.3 is 14.7 Å². The second-order valence-electron chi connectivity index (χ2n) is 5.70. The lowest BCUT2D eigenvalue weighted by atomic mass is 10.2. The van der Waals surface area contributed by atoms with Crippen molar-refractivity contribution in [2.75, 3.05) is 18.4 Å². The number of alkyl halides is 3. The van der Waals surface area contributed by atoms with Crippen LogP contribution in [0.4, 0.5) is 23.1 Å². The Bertz CT molecular complexity index is 781. The van der Waals surface area contributed by atoms with Crippen LogP contribution in [0.5, 0.6) is 5.75 Å². The predicted molar refractivity (Wildman–Crippen MR) is 89.1 cm³/mol. The number of ether oxygens (including phenoxy) is 1. The van der Waals surface area contributed by atoms with Crippen LogP contribution in [-0.2, 0) is 12.8 Å². The lowest BCUT2D eigenvalue weighted by molar-refractivity contribution is -0.139. The molecule has 26 heavy (non-hydrogen) atoms. The highest BCUT2D eigenvalue weighted by Gasteiger charge is 2.36. The molecule has 2 aromatic rings.